The molecule has 6 rings (SSSR count). The van der Waals surface area contributed by atoms with E-state index in [1.165, 1.54) is 22.9 Å². The Morgan fingerprint density at radius 3 is 2.89 bits per heavy atom. The summed E-state index contributed by atoms with van der Waals surface area (Å²) in [5, 5.41) is 11.7. The molecule has 186 valence electrons. The smallest absolute Gasteiger partial charge is 0.353 e. The van der Waals surface area contributed by atoms with Gasteiger partial charge in [-0.25, -0.2) is 14.2 Å². The van der Waals surface area contributed by atoms with Gasteiger partial charge in [0.2, 0.25) is 0 Å². The molecule has 4 heterocycles. The maximum Gasteiger partial charge on any atom is 0.353 e. The lowest BCUT2D eigenvalue weighted by Crippen LogP contribution is -2.14. The van der Waals surface area contributed by atoms with Crippen LogP contribution < -0.4 is 15.0 Å². The van der Waals surface area contributed by atoms with Crippen molar-refractivity contribution in [2.45, 2.75) is 13.0 Å². The van der Waals surface area contributed by atoms with Crippen LogP contribution in [-0.4, -0.2) is 39.3 Å². The molecule has 0 aliphatic carbocycles. The summed E-state index contributed by atoms with van der Waals surface area (Å²) in [5.41, 5.74) is 1.42. The summed E-state index contributed by atoms with van der Waals surface area (Å²) in [6.07, 6.45) is 1.81. The van der Waals surface area contributed by atoms with Crippen LogP contribution in [0.5, 0.6) is 11.5 Å². The van der Waals surface area contributed by atoms with Gasteiger partial charge in [-0.05, 0) is 36.4 Å². The monoisotopic (exact) mass is 519 g/mol. The number of nitrogens with one attached hydrogen (secondary N) is 1. The molecule has 0 atom stereocenters. The summed E-state index contributed by atoms with van der Waals surface area (Å²) in [6.45, 7) is 0.225. The van der Waals surface area contributed by atoms with E-state index in [2.05, 4.69) is 9.97 Å². The zero-order chi connectivity index (χ0) is 25.8. The van der Waals surface area contributed by atoms with Gasteiger partial charge in [0.05, 0.1) is 42.2 Å². The highest BCUT2D eigenvalue weighted by Gasteiger charge is 2.32. The van der Waals surface area contributed by atoms with Gasteiger partial charge in [0.15, 0.2) is 0 Å². The first-order valence-electron chi connectivity index (χ1n) is 11.4. The van der Waals surface area contributed by atoms with Crippen molar-refractivity contribution in [3.05, 3.63) is 86.8 Å². The highest BCUT2D eigenvalue weighted by Crippen LogP contribution is 2.44. The Morgan fingerprint density at radius 1 is 1.30 bits per heavy atom. The topological polar surface area (TPSA) is 106 Å². The van der Waals surface area contributed by atoms with E-state index in [1.54, 1.807) is 31.4 Å². The van der Waals surface area contributed by atoms with Crippen molar-refractivity contribution in [3.63, 3.8) is 0 Å². The van der Waals surface area contributed by atoms with Crippen molar-refractivity contribution in [3.8, 4) is 22.6 Å². The number of carbonyl (C=O) groups is 1. The molecule has 2 aromatic carbocycles. The second-order valence-electron chi connectivity index (χ2n) is 8.68. The van der Waals surface area contributed by atoms with Crippen molar-refractivity contribution < 1.29 is 23.8 Å². The molecule has 10 heteroatoms. The fraction of sp³-hybridized carbons (Fsp3) is 0.148. The number of carboxylic acids is 1. The maximum atomic E-state index is 15.2. The highest BCUT2D eigenvalue weighted by atomic mass is 35.5. The van der Waals surface area contributed by atoms with Crippen LogP contribution in [0.15, 0.2) is 53.5 Å². The molecule has 0 spiro atoms. The van der Waals surface area contributed by atoms with E-state index in [9.17, 15) is 14.7 Å². The minimum atomic E-state index is -1.28. The second-order valence-corrected chi connectivity index (χ2v) is 9.04. The standard InChI is InChI=1S/C27H19ClFN3O5/c1-36-15-5-4-13-9-14(25(28)31-19(13)10-15)12-32-20-11-18(29)16-6-8-37-24(16)22(20)21(23(32)27(34)35)17-3-2-7-30-26(17)33/h2-5,7,9-11H,6,8,12H2,1H3,(H,30,33)(H,34,35). The normalized spacial score (nSPS) is 12.6. The van der Waals surface area contributed by atoms with Crippen LogP contribution in [0.2, 0.25) is 5.15 Å². The number of H-pyrrole nitrogens is 1. The number of carboxylic acid groups (broad SMARTS) is 1. The Hall–Kier alpha value is -4.37. The number of ether oxygens (including phenoxy) is 2. The Labute approximate surface area is 213 Å². The van der Waals surface area contributed by atoms with Gasteiger partial charge in [-0.15, -0.1) is 0 Å². The lowest BCUT2D eigenvalue weighted by molar-refractivity contribution is 0.0687. The first-order valence-corrected chi connectivity index (χ1v) is 11.8. The summed E-state index contributed by atoms with van der Waals surface area (Å²) in [6, 6.07) is 11.6. The number of aromatic carboxylic acids is 1. The highest BCUT2D eigenvalue weighted by molar-refractivity contribution is 6.30. The first kappa shape index (κ1) is 23.1. The summed E-state index contributed by atoms with van der Waals surface area (Å²) >= 11 is 6.54. The van der Waals surface area contributed by atoms with Gasteiger partial charge in [0, 0.05) is 40.8 Å². The number of nitrogens with zero attached hydrogens (tertiary/aromatic N) is 2. The SMILES string of the molecule is COc1ccc2cc(Cn3c(C(=O)O)c(-c4ccc[nH]c4=O)c4c5c(c(F)cc43)CCO5)c(Cl)nc2c1. The van der Waals surface area contributed by atoms with Crippen molar-refractivity contribution >= 4 is 39.4 Å². The molecule has 8 nitrogen and oxygen atoms in total. The Bertz CT molecular complexity index is 1810. The van der Waals surface area contributed by atoms with Crippen molar-refractivity contribution in [1.82, 2.24) is 14.5 Å². The predicted octanol–water partition coefficient (Wildman–Crippen LogP) is 5.03. The van der Waals surface area contributed by atoms with Crippen LogP contribution in [0, 0.1) is 5.82 Å². The van der Waals surface area contributed by atoms with Crippen molar-refractivity contribution in [2.24, 2.45) is 0 Å². The van der Waals surface area contributed by atoms with E-state index in [4.69, 9.17) is 21.1 Å². The number of pyridine rings is 2. The number of halogens is 2. The number of hydrogen-bond acceptors (Lipinski definition) is 5. The molecule has 1 aliphatic rings. The summed E-state index contributed by atoms with van der Waals surface area (Å²) < 4.78 is 27.7. The van der Waals surface area contributed by atoms with Crippen LogP contribution in [0.4, 0.5) is 4.39 Å². The third-order valence-corrected chi connectivity index (χ3v) is 6.95. The molecule has 0 radical (unpaired) electrons. The third-order valence-electron chi connectivity index (χ3n) is 6.62. The van der Waals surface area contributed by atoms with E-state index in [-0.39, 0.29) is 46.4 Å². The van der Waals surface area contributed by atoms with E-state index in [0.29, 0.717) is 34.2 Å². The van der Waals surface area contributed by atoms with E-state index in [1.807, 2.05) is 6.07 Å². The molecule has 3 aromatic heterocycles. The molecule has 5 aromatic rings. The number of hydrogen-bond donors (Lipinski definition) is 2. The Kier molecular flexibility index (Phi) is 5.38. The molecule has 37 heavy (non-hydrogen) atoms. The van der Waals surface area contributed by atoms with Crippen LogP contribution in [0.1, 0.15) is 21.6 Å². The fourth-order valence-electron chi connectivity index (χ4n) is 4.97. The second kappa shape index (κ2) is 8.63. The predicted molar refractivity (Wildman–Crippen MR) is 137 cm³/mol. The van der Waals surface area contributed by atoms with Gasteiger partial charge in [-0.3, -0.25) is 4.79 Å². The van der Waals surface area contributed by atoms with Gasteiger partial charge in [-0.1, -0.05) is 11.6 Å². The summed E-state index contributed by atoms with van der Waals surface area (Å²) in [7, 11) is 1.55. The number of benzene rings is 2. The van der Waals surface area contributed by atoms with Gasteiger partial charge in [0.1, 0.15) is 28.2 Å². The minimum absolute atomic E-state index is 0.0328. The molecule has 2 N–H and O–H groups in total. The molecular formula is C27H19ClFN3O5. The van der Waals surface area contributed by atoms with Gasteiger partial charge < -0.3 is 24.1 Å². The van der Waals surface area contributed by atoms with Crippen molar-refractivity contribution in [1.29, 1.82) is 0 Å². The molecular weight excluding hydrogens is 501 g/mol. The molecule has 0 fully saturated rings. The summed E-state index contributed by atoms with van der Waals surface area (Å²) in [5.74, 6) is -0.907. The first-order chi connectivity index (χ1) is 17.9. The molecule has 0 saturated carbocycles. The number of rotatable bonds is 5. The molecule has 0 unspecified atom stereocenters. The number of aromatic amines is 1. The number of aromatic nitrogens is 3. The minimum Gasteiger partial charge on any atom is -0.497 e. The van der Waals surface area contributed by atoms with Crippen LogP contribution in [-0.2, 0) is 13.0 Å². The Morgan fingerprint density at radius 2 is 2.14 bits per heavy atom. The van der Waals surface area contributed by atoms with Gasteiger partial charge in [0.25, 0.3) is 5.56 Å². The average molecular weight is 520 g/mol. The van der Waals surface area contributed by atoms with Crippen LogP contribution >= 0.6 is 11.6 Å². The van der Waals surface area contributed by atoms with Crippen molar-refractivity contribution in [2.75, 3.05) is 13.7 Å². The molecule has 0 amide bonds. The lowest BCUT2D eigenvalue weighted by Gasteiger charge is -2.12. The largest absolute Gasteiger partial charge is 0.497 e. The Balaban J connectivity index is 1.66. The van der Waals surface area contributed by atoms with Gasteiger partial charge in [-0.2, -0.15) is 0 Å². The molecule has 0 bridgehead atoms. The number of fused-ring (bicyclic) bond motifs is 4. The molecule has 1 aliphatic heterocycles. The summed E-state index contributed by atoms with van der Waals surface area (Å²) in [4.78, 5) is 32.6. The number of methoxy groups -OCH3 is 1. The fourth-order valence-corrected chi connectivity index (χ4v) is 5.18. The van der Waals surface area contributed by atoms with Crippen LogP contribution in [0.25, 0.3) is 32.9 Å². The van der Waals surface area contributed by atoms with Gasteiger partial charge >= 0.3 is 5.97 Å². The molecule has 0 saturated heterocycles. The zero-order valence-electron chi connectivity index (χ0n) is 19.5. The van der Waals surface area contributed by atoms with Crippen LogP contribution in [0.3, 0.4) is 0 Å². The van der Waals surface area contributed by atoms with E-state index in [0.717, 1.165) is 5.39 Å². The lowest BCUT2D eigenvalue weighted by atomic mass is 10.00. The average Bonchev–Trinajstić information content (AvgIpc) is 3.48. The maximum absolute atomic E-state index is 15.2. The van der Waals surface area contributed by atoms with E-state index >= 15 is 4.39 Å². The zero-order valence-corrected chi connectivity index (χ0v) is 20.2. The third kappa shape index (κ3) is 3.62. The van der Waals surface area contributed by atoms with E-state index < -0.39 is 17.3 Å². The quantitative estimate of drug-likeness (QED) is 0.316.